The molecular weight excluding hydrogens is 451 g/mol. The lowest BCUT2D eigenvalue weighted by molar-refractivity contribution is -0.0328. The molecule has 3 unspecified atom stereocenters. The van der Waals surface area contributed by atoms with Gasteiger partial charge in [-0.15, -0.1) is 0 Å². The number of nitrogens with zero attached hydrogens (tertiary/aromatic N) is 3. The number of nitrogens with one attached hydrogen (secondary N) is 1. The van der Waals surface area contributed by atoms with Crippen molar-refractivity contribution >= 4 is 34.5 Å². The van der Waals surface area contributed by atoms with E-state index in [1.54, 1.807) is 35.0 Å². The third-order valence-corrected chi connectivity index (χ3v) is 6.12. The number of rotatable bonds is 7. The lowest BCUT2D eigenvalue weighted by Crippen LogP contribution is -2.19. The van der Waals surface area contributed by atoms with E-state index in [-0.39, 0.29) is 28.6 Å². The van der Waals surface area contributed by atoms with Crippen LogP contribution in [0.4, 0.5) is 19.0 Å². The summed E-state index contributed by atoms with van der Waals surface area (Å²) in [6.07, 6.45) is 4.34. The van der Waals surface area contributed by atoms with E-state index in [1.165, 1.54) is 12.1 Å². The molecule has 1 saturated carbocycles. The topological polar surface area (TPSA) is 94.5 Å². The predicted molar refractivity (Wildman–Crippen MR) is 113 cm³/mol. The molecule has 2 aromatic heterocycles. The third kappa shape index (κ3) is 5.76. The van der Waals surface area contributed by atoms with E-state index < -0.39 is 16.8 Å². The summed E-state index contributed by atoms with van der Waals surface area (Å²) in [5, 5.41) is 13.2. The molecule has 166 valence electrons. The van der Waals surface area contributed by atoms with E-state index >= 15 is 0 Å². The summed E-state index contributed by atoms with van der Waals surface area (Å²) >= 11 is -1.91. The van der Waals surface area contributed by atoms with Crippen molar-refractivity contribution in [2.75, 3.05) is 11.9 Å². The Morgan fingerprint density at radius 1 is 1.29 bits per heavy atom. The van der Waals surface area contributed by atoms with Gasteiger partial charge in [0.15, 0.2) is 5.65 Å². The second-order valence-electron chi connectivity index (χ2n) is 7.27. The zero-order valence-electron chi connectivity index (χ0n) is 16.2. The van der Waals surface area contributed by atoms with Crippen LogP contribution in [-0.2, 0) is 15.4 Å². The van der Waals surface area contributed by atoms with Gasteiger partial charge in [0.25, 0.3) is 0 Å². The Hall–Kier alpha value is -2.15. The Balaban J connectivity index is 1.52. The summed E-state index contributed by atoms with van der Waals surface area (Å²) in [6, 6.07) is 9.92. The molecule has 31 heavy (non-hydrogen) atoms. The molecule has 1 fully saturated rings. The molecule has 1 aromatic carbocycles. The molecule has 0 radical (unpaired) electrons. The summed E-state index contributed by atoms with van der Waals surface area (Å²) in [5.74, 6) is 1.01. The molecule has 0 amide bonds. The van der Waals surface area contributed by atoms with Crippen LogP contribution in [0.1, 0.15) is 19.3 Å². The fraction of sp³-hybridized carbons (Fsp3) is 0.368. The molecule has 1 aliphatic rings. The van der Waals surface area contributed by atoms with Crippen molar-refractivity contribution in [3.05, 3.63) is 42.6 Å². The van der Waals surface area contributed by atoms with Gasteiger partial charge in [-0.3, -0.25) is 4.18 Å². The summed E-state index contributed by atoms with van der Waals surface area (Å²) in [4.78, 5) is 4.42. The number of anilines is 1. The summed E-state index contributed by atoms with van der Waals surface area (Å²) in [5.41, 5.74) is -2.64. The van der Waals surface area contributed by atoms with Gasteiger partial charge in [-0.2, -0.15) is 22.8 Å². The molecule has 3 atom stereocenters. The maximum absolute atomic E-state index is 12.7. The van der Waals surface area contributed by atoms with Crippen LogP contribution in [0.25, 0.3) is 16.9 Å². The van der Waals surface area contributed by atoms with Crippen LogP contribution in [0.2, 0.25) is 0 Å². The fourth-order valence-electron chi connectivity index (χ4n) is 3.73. The molecule has 0 saturated heterocycles. The minimum absolute atomic E-state index is 0.103. The van der Waals surface area contributed by atoms with Crippen LogP contribution in [-0.4, -0.2) is 37.0 Å². The molecule has 0 spiro atoms. The normalized spacial score (nSPS) is 20.3. The Labute approximate surface area is 183 Å². The minimum Gasteiger partial charge on any atom is -0.367 e. The molecule has 0 aliphatic heterocycles. The van der Waals surface area contributed by atoms with Gasteiger partial charge in [0, 0.05) is 28.8 Å². The second-order valence-corrected chi connectivity index (χ2v) is 9.17. The first-order valence-electron chi connectivity index (χ1n) is 9.54. The van der Waals surface area contributed by atoms with E-state index in [4.69, 9.17) is 9.32 Å². The first kappa shape index (κ1) is 22.1. The van der Waals surface area contributed by atoms with E-state index in [1.807, 2.05) is 0 Å². The number of aromatic nitrogens is 3. The number of halogens is 3. The van der Waals surface area contributed by atoms with Crippen molar-refractivity contribution in [1.29, 1.82) is 0 Å². The van der Waals surface area contributed by atoms with Crippen LogP contribution in [0.15, 0.2) is 47.5 Å². The molecule has 1 aliphatic carbocycles. The molecule has 4 rings (SSSR count). The highest BCUT2D eigenvalue weighted by Gasteiger charge is 2.29. The predicted octanol–water partition coefficient (Wildman–Crippen LogP) is 4.14. The number of benzene rings is 1. The highest BCUT2D eigenvalue weighted by Crippen LogP contribution is 2.38. The monoisotopic (exact) mass is 471 g/mol. The van der Waals surface area contributed by atoms with E-state index in [0.717, 1.165) is 25.1 Å². The molecule has 0 bridgehead atoms. The Bertz CT molecular complexity index is 1090. The fourth-order valence-corrected chi connectivity index (χ4v) is 4.65. The van der Waals surface area contributed by atoms with Crippen molar-refractivity contribution in [2.24, 2.45) is 11.1 Å². The van der Waals surface area contributed by atoms with Crippen molar-refractivity contribution in [3.8, 4) is 11.3 Å². The third-order valence-electron chi connectivity index (χ3n) is 5.03. The lowest BCUT2D eigenvalue weighted by atomic mass is 10.1. The SMILES string of the molecule is NS(=O)OCC1CCC(Nc2ccnc3cc(-c4cccc(SC(F)(F)F)c4)nn23)C1. The number of hydrogen-bond donors (Lipinski definition) is 2. The van der Waals surface area contributed by atoms with Crippen molar-refractivity contribution in [2.45, 2.75) is 35.7 Å². The lowest BCUT2D eigenvalue weighted by Gasteiger charge is -2.15. The van der Waals surface area contributed by atoms with Gasteiger partial charge in [-0.25, -0.2) is 14.3 Å². The Morgan fingerprint density at radius 3 is 2.90 bits per heavy atom. The zero-order chi connectivity index (χ0) is 22.0. The van der Waals surface area contributed by atoms with Crippen molar-refractivity contribution in [1.82, 2.24) is 14.6 Å². The van der Waals surface area contributed by atoms with Gasteiger partial charge < -0.3 is 5.32 Å². The highest BCUT2D eigenvalue weighted by atomic mass is 32.2. The minimum atomic E-state index is -4.35. The van der Waals surface area contributed by atoms with Gasteiger partial charge in [-0.1, -0.05) is 12.1 Å². The van der Waals surface area contributed by atoms with Gasteiger partial charge in [0.05, 0.1) is 12.3 Å². The van der Waals surface area contributed by atoms with Crippen LogP contribution in [0.3, 0.4) is 0 Å². The second kappa shape index (κ2) is 9.15. The van der Waals surface area contributed by atoms with E-state index in [0.29, 0.717) is 23.5 Å². The highest BCUT2D eigenvalue weighted by molar-refractivity contribution is 8.00. The van der Waals surface area contributed by atoms with Crippen LogP contribution < -0.4 is 10.5 Å². The summed E-state index contributed by atoms with van der Waals surface area (Å²) in [7, 11) is 0. The molecule has 12 heteroatoms. The van der Waals surface area contributed by atoms with Gasteiger partial charge in [0.1, 0.15) is 5.82 Å². The van der Waals surface area contributed by atoms with Crippen molar-refractivity contribution in [3.63, 3.8) is 0 Å². The smallest absolute Gasteiger partial charge is 0.367 e. The standard InChI is InChI=1S/C19H20F3N5O2S2/c20-19(21,22)30-15-3-1-2-13(9-15)16-10-18-24-7-6-17(27(18)26-16)25-14-5-4-12(8-14)11-29-31(23)28/h1-3,6-7,9-10,12,14,25H,4-5,8,11,23H2. The number of alkyl halides is 3. The first-order chi connectivity index (χ1) is 14.8. The first-order valence-corrected chi connectivity index (χ1v) is 11.5. The van der Waals surface area contributed by atoms with Gasteiger partial charge in [0.2, 0.25) is 11.3 Å². The maximum Gasteiger partial charge on any atom is 0.446 e. The average molecular weight is 472 g/mol. The van der Waals surface area contributed by atoms with Gasteiger partial charge >= 0.3 is 5.51 Å². The number of thioether (sulfide) groups is 1. The van der Waals surface area contributed by atoms with Crippen LogP contribution in [0, 0.1) is 5.92 Å². The number of hydrogen-bond acceptors (Lipinski definition) is 6. The quantitative estimate of drug-likeness (QED) is 0.503. The summed E-state index contributed by atoms with van der Waals surface area (Å²) < 4.78 is 55.7. The molecule has 3 aromatic rings. The zero-order valence-corrected chi connectivity index (χ0v) is 17.8. The van der Waals surface area contributed by atoms with E-state index in [9.17, 15) is 17.4 Å². The number of nitrogens with two attached hydrogens (primary N) is 1. The Kier molecular flexibility index (Phi) is 6.51. The molecule has 3 N–H and O–H groups in total. The molecule has 7 nitrogen and oxygen atoms in total. The average Bonchev–Trinajstić information content (AvgIpc) is 3.32. The maximum atomic E-state index is 12.7. The van der Waals surface area contributed by atoms with E-state index in [2.05, 4.69) is 15.4 Å². The van der Waals surface area contributed by atoms with Crippen LogP contribution in [0.5, 0.6) is 0 Å². The largest absolute Gasteiger partial charge is 0.446 e. The molecule has 2 heterocycles. The molecular formula is C19H20F3N5O2S2. The number of fused-ring (bicyclic) bond motifs is 1. The van der Waals surface area contributed by atoms with Gasteiger partial charge in [-0.05, 0) is 55.1 Å². The summed E-state index contributed by atoms with van der Waals surface area (Å²) in [6.45, 7) is 0.352. The van der Waals surface area contributed by atoms with Crippen LogP contribution >= 0.6 is 11.8 Å². The Morgan fingerprint density at radius 2 is 2.13 bits per heavy atom. The van der Waals surface area contributed by atoms with Crippen molar-refractivity contribution < 1.29 is 21.6 Å².